The Balaban J connectivity index is 1.65. The monoisotopic (exact) mass is 261 g/mol. The molecular formula is C14H19N3O2. The zero-order valence-corrected chi connectivity index (χ0v) is 11.0. The lowest BCUT2D eigenvalue weighted by Gasteiger charge is -2.15. The van der Waals surface area contributed by atoms with Gasteiger partial charge in [0.25, 0.3) is 0 Å². The summed E-state index contributed by atoms with van der Waals surface area (Å²) < 4.78 is 0. The van der Waals surface area contributed by atoms with Crippen molar-refractivity contribution in [3.63, 3.8) is 0 Å². The number of amides is 2. The van der Waals surface area contributed by atoms with Crippen LogP contribution in [0, 0.1) is 0 Å². The molecule has 5 heteroatoms. The number of pyridine rings is 1. The summed E-state index contributed by atoms with van der Waals surface area (Å²) in [5, 5.41) is 2.68. The predicted octanol–water partition coefficient (Wildman–Crippen LogP) is 0.753. The SMILES string of the molecule is O=C(CCc1cccnc1)NCC(=O)N1CCCC1. The van der Waals surface area contributed by atoms with Gasteiger partial charge in [0.1, 0.15) is 0 Å². The van der Waals surface area contributed by atoms with Gasteiger partial charge in [-0.15, -0.1) is 0 Å². The van der Waals surface area contributed by atoms with Crippen LogP contribution in [0.5, 0.6) is 0 Å². The van der Waals surface area contributed by atoms with E-state index in [0.717, 1.165) is 31.5 Å². The number of hydrogen-bond donors (Lipinski definition) is 1. The minimum Gasteiger partial charge on any atom is -0.347 e. The van der Waals surface area contributed by atoms with Crippen LogP contribution in [0.25, 0.3) is 0 Å². The van der Waals surface area contributed by atoms with Gasteiger partial charge in [-0.25, -0.2) is 0 Å². The highest BCUT2D eigenvalue weighted by molar-refractivity contribution is 5.84. The second-order valence-electron chi connectivity index (χ2n) is 4.73. The molecule has 1 saturated heterocycles. The highest BCUT2D eigenvalue weighted by Crippen LogP contribution is 2.06. The van der Waals surface area contributed by atoms with E-state index < -0.39 is 0 Å². The van der Waals surface area contributed by atoms with Crippen molar-refractivity contribution in [3.05, 3.63) is 30.1 Å². The molecule has 1 fully saturated rings. The van der Waals surface area contributed by atoms with Gasteiger partial charge in [0.05, 0.1) is 6.54 Å². The smallest absolute Gasteiger partial charge is 0.241 e. The van der Waals surface area contributed by atoms with E-state index in [4.69, 9.17) is 0 Å². The summed E-state index contributed by atoms with van der Waals surface area (Å²) in [5.74, 6) is -0.0661. The quantitative estimate of drug-likeness (QED) is 0.851. The van der Waals surface area contributed by atoms with Crippen LogP contribution < -0.4 is 5.32 Å². The van der Waals surface area contributed by atoms with Gasteiger partial charge in [-0.1, -0.05) is 6.07 Å². The molecule has 2 rings (SSSR count). The van der Waals surface area contributed by atoms with E-state index in [1.54, 1.807) is 17.3 Å². The molecule has 1 N–H and O–H groups in total. The van der Waals surface area contributed by atoms with Crippen molar-refractivity contribution in [2.45, 2.75) is 25.7 Å². The van der Waals surface area contributed by atoms with Crippen molar-refractivity contribution in [3.8, 4) is 0 Å². The maximum Gasteiger partial charge on any atom is 0.241 e. The Labute approximate surface area is 113 Å². The highest BCUT2D eigenvalue weighted by Gasteiger charge is 2.17. The van der Waals surface area contributed by atoms with Gasteiger partial charge in [-0.05, 0) is 30.9 Å². The average molecular weight is 261 g/mol. The van der Waals surface area contributed by atoms with Crippen LogP contribution in [0.3, 0.4) is 0 Å². The molecule has 0 saturated carbocycles. The van der Waals surface area contributed by atoms with Crippen molar-refractivity contribution in [2.24, 2.45) is 0 Å². The largest absolute Gasteiger partial charge is 0.347 e. The molecule has 0 unspecified atom stereocenters. The molecule has 0 aliphatic carbocycles. The maximum absolute atomic E-state index is 11.7. The lowest BCUT2D eigenvalue weighted by atomic mass is 10.1. The van der Waals surface area contributed by atoms with Gasteiger partial charge in [0.15, 0.2) is 0 Å². The van der Waals surface area contributed by atoms with Gasteiger partial charge >= 0.3 is 0 Å². The van der Waals surface area contributed by atoms with E-state index in [1.807, 2.05) is 12.1 Å². The second-order valence-corrected chi connectivity index (χ2v) is 4.73. The number of nitrogens with zero attached hydrogens (tertiary/aromatic N) is 2. The number of aryl methyl sites for hydroxylation is 1. The van der Waals surface area contributed by atoms with Crippen LogP contribution in [-0.2, 0) is 16.0 Å². The fraction of sp³-hybridized carbons (Fsp3) is 0.500. The Bertz CT molecular complexity index is 428. The Kier molecular flexibility index (Phi) is 4.89. The number of likely N-dealkylation sites (tertiary alicyclic amines) is 1. The summed E-state index contributed by atoms with van der Waals surface area (Å²) in [6.45, 7) is 1.76. The molecule has 0 spiro atoms. The van der Waals surface area contributed by atoms with E-state index in [1.165, 1.54) is 0 Å². The van der Waals surface area contributed by atoms with Crippen LogP contribution in [0.1, 0.15) is 24.8 Å². The summed E-state index contributed by atoms with van der Waals surface area (Å²) in [6.07, 6.45) is 6.64. The third-order valence-corrected chi connectivity index (χ3v) is 3.26. The van der Waals surface area contributed by atoms with Crippen molar-refractivity contribution in [1.29, 1.82) is 0 Å². The van der Waals surface area contributed by atoms with Gasteiger partial charge in [-0.2, -0.15) is 0 Å². The molecule has 19 heavy (non-hydrogen) atoms. The molecule has 102 valence electrons. The lowest BCUT2D eigenvalue weighted by Crippen LogP contribution is -2.38. The summed E-state index contributed by atoms with van der Waals surface area (Å²) >= 11 is 0. The van der Waals surface area contributed by atoms with Gasteiger partial charge in [0.2, 0.25) is 11.8 Å². The van der Waals surface area contributed by atoms with E-state index in [9.17, 15) is 9.59 Å². The van der Waals surface area contributed by atoms with Crippen molar-refractivity contribution >= 4 is 11.8 Å². The van der Waals surface area contributed by atoms with Crippen LogP contribution in [0.15, 0.2) is 24.5 Å². The summed E-state index contributed by atoms with van der Waals surface area (Å²) in [6, 6.07) is 3.79. The third kappa shape index (κ3) is 4.35. The third-order valence-electron chi connectivity index (χ3n) is 3.26. The van der Waals surface area contributed by atoms with Crippen molar-refractivity contribution in [2.75, 3.05) is 19.6 Å². The summed E-state index contributed by atoms with van der Waals surface area (Å²) in [4.78, 5) is 29.2. The number of rotatable bonds is 5. The molecule has 1 aliphatic rings. The maximum atomic E-state index is 11.7. The van der Waals surface area contributed by atoms with E-state index in [0.29, 0.717) is 12.8 Å². The molecule has 0 aromatic carbocycles. The van der Waals surface area contributed by atoms with Gasteiger partial charge in [0, 0.05) is 31.9 Å². The molecular weight excluding hydrogens is 242 g/mol. The zero-order valence-electron chi connectivity index (χ0n) is 11.0. The fourth-order valence-corrected chi connectivity index (χ4v) is 2.14. The highest BCUT2D eigenvalue weighted by atomic mass is 16.2. The minimum atomic E-state index is -0.0867. The topological polar surface area (TPSA) is 62.3 Å². The first-order chi connectivity index (χ1) is 9.25. The summed E-state index contributed by atoms with van der Waals surface area (Å²) in [5.41, 5.74) is 1.03. The lowest BCUT2D eigenvalue weighted by molar-refractivity contribution is -0.132. The molecule has 2 heterocycles. The number of carbonyl (C=O) groups is 2. The van der Waals surface area contributed by atoms with Crippen LogP contribution in [-0.4, -0.2) is 41.3 Å². The van der Waals surface area contributed by atoms with Crippen LogP contribution >= 0.6 is 0 Å². The molecule has 5 nitrogen and oxygen atoms in total. The Morgan fingerprint density at radius 1 is 1.32 bits per heavy atom. The molecule has 0 atom stereocenters. The minimum absolute atomic E-state index is 0.0206. The number of nitrogens with one attached hydrogen (secondary N) is 1. The number of carbonyl (C=O) groups excluding carboxylic acids is 2. The van der Waals surface area contributed by atoms with E-state index in [-0.39, 0.29) is 18.4 Å². The first kappa shape index (κ1) is 13.5. The normalized spacial score (nSPS) is 14.4. The molecule has 1 aromatic heterocycles. The Morgan fingerprint density at radius 3 is 2.79 bits per heavy atom. The first-order valence-corrected chi connectivity index (χ1v) is 6.69. The van der Waals surface area contributed by atoms with E-state index in [2.05, 4.69) is 10.3 Å². The zero-order chi connectivity index (χ0) is 13.5. The fourth-order valence-electron chi connectivity index (χ4n) is 2.14. The Hall–Kier alpha value is -1.91. The van der Waals surface area contributed by atoms with Crippen molar-refractivity contribution in [1.82, 2.24) is 15.2 Å². The Morgan fingerprint density at radius 2 is 2.11 bits per heavy atom. The molecule has 2 amide bonds. The molecule has 0 radical (unpaired) electrons. The predicted molar refractivity (Wildman–Crippen MR) is 71.4 cm³/mol. The number of aromatic nitrogens is 1. The standard InChI is InChI=1S/C14H19N3O2/c18-13(6-5-12-4-3-7-15-10-12)16-11-14(19)17-8-1-2-9-17/h3-4,7,10H,1-2,5-6,8-9,11H2,(H,16,18). The number of hydrogen-bond acceptors (Lipinski definition) is 3. The van der Waals surface area contributed by atoms with Crippen LogP contribution in [0.4, 0.5) is 0 Å². The second kappa shape index (κ2) is 6.87. The van der Waals surface area contributed by atoms with Gasteiger partial charge < -0.3 is 10.2 Å². The van der Waals surface area contributed by atoms with Gasteiger partial charge in [-0.3, -0.25) is 14.6 Å². The van der Waals surface area contributed by atoms with Crippen molar-refractivity contribution < 1.29 is 9.59 Å². The van der Waals surface area contributed by atoms with Crippen LogP contribution in [0.2, 0.25) is 0 Å². The molecule has 0 bridgehead atoms. The first-order valence-electron chi connectivity index (χ1n) is 6.69. The summed E-state index contributed by atoms with van der Waals surface area (Å²) in [7, 11) is 0. The average Bonchev–Trinajstić information content (AvgIpc) is 2.98. The van der Waals surface area contributed by atoms with E-state index >= 15 is 0 Å². The molecule has 1 aromatic rings. The molecule has 1 aliphatic heterocycles.